The standard InChI is InChI=1S/C20H21ClN2O3S/c21-18-8-7-16(13-19(18)27(25,26)23-10-3-4-11-23)20(24)22-12-9-15-5-1-2-6-17(15)14-22/h1-2,5-8,13H,3-4,9-12,14H2. The van der Waals surface area contributed by atoms with E-state index in [4.69, 9.17) is 11.6 Å². The molecule has 1 amide bonds. The van der Waals surface area contributed by atoms with Gasteiger partial charge in [-0.1, -0.05) is 35.9 Å². The highest BCUT2D eigenvalue weighted by Crippen LogP contribution is 2.29. The average molecular weight is 405 g/mol. The molecule has 5 nitrogen and oxygen atoms in total. The van der Waals surface area contributed by atoms with Crippen LogP contribution in [0.5, 0.6) is 0 Å². The lowest BCUT2D eigenvalue weighted by atomic mass is 9.99. The van der Waals surface area contributed by atoms with Crippen LogP contribution in [0.25, 0.3) is 0 Å². The lowest BCUT2D eigenvalue weighted by Gasteiger charge is -2.29. The van der Waals surface area contributed by atoms with Gasteiger partial charge in [-0.3, -0.25) is 4.79 Å². The molecule has 0 saturated carbocycles. The topological polar surface area (TPSA) is 57.7 Å². The van der Waals surface area contributed by atoms with Crippen LogP contribution in [0, 0.1) is 0 Å². The number of carbonyl (C=O) groups excluding carboxylic acids is 1. The molecule has 0 unspecified atom stereocenters. The second-order valence-corrected chi connectivity index (χ2v) is 9.32. The van der Waals surface area contributed by atoms with E-state index < -0.39 is 10.0 Å². The van der Waals surface area contributed by atoms with Gasteiger partial charge >= 0.3 is 0 Å². The van der Waals surface area contributed by atoms with Crippen LogP contribution in [0.3, 0.4) is 0 Å². The lowest BCUT2D eigenvalue weighted by Crippen LogP contribution is -2.36. The number of hydrogen-bond donors (Lipinski definition) is 0. The Morgan fingerprint density at radius 2 is 1.67 bits per heavy atom. The molecule has 2 aliphatic rings. The van der Waals surface area contributed by atoms with E-state index in [9.17, 15) is 13.2 Å². The fourth-order valence-corrected chi connectivity index (χ4v) is 5.77. The van der Waals surface area contributed by atoms with Crippen LogP contribution in [0.1, 0.15) is 34.3 Å². The van der Waals surface area contributed by atoms with E-state index in [1.165, 1.54) is 22.0 Å². The summed E-state index contributed by atoms with van der Waals surface area (Å²) in [5.41, 5.74) is 2.75. The second kappa shape index (κ2) is 7.26. The number of amides is 1. The maximum Gasteiger partial charge on any atom is 0.254 e. The molecule has 1 fully saturated rings. The van der Waals surface area contributed by atoms with Crippen LogP contribution in [0.4, 0.5) is 0 Å². The molecule has 2 aromatic carbocycles. The molecule has 27 heavy (non-hydrogen) atoms. The zero-order chi connectivity index (χ0) is 19.0. The van der Waals surface area contributed by atoms with Crippen molar-refractivity contribution in [3.8, 4) is 0 Å². The minimum atomic E-state index is -3.67. The fraction of sp³-hybridized carbons (Fsp3) is 0.350. The number of hydrogen-bond acceptors (Lipinski definition) is 3. The number of halogens is 1. The van der Waals surface area contributed by atoms with Gasteiger partial charge in [0.1, 0.15) is 4.90 Å². The maximum absolute atomic E-state index is 13.0. The van der Waals surface area contributed by atoms with E-state index in [0.29, 0.717) is 31.7 Å². The van der Waals surface area contributed by atoms with Gasteiger partial charge < -0.3 is 4.90 Å². The molecule has 7 heteroatoms. The highest BCUT2D eigenvalue weighted by atomic mass is 35.5. The molecule has 0 radical (unpaired) electrons. The van der Waals surface area contributed by atoms with Gasteiger partial charge in [0.15, 0.2) is 0 Å². The van der Waals surface area contributed by atoms with Gasteiger partial charge in [-0.25, -0.2) is 8.42 Å². The summed E-state index contributed by atoms with van der Waals surface area (Å²) < 4.78 is 27.2. The zero-order valence-corrected chi connectivity index (χ0v) is 16.5. The Morgan fingerprint density at radius 1 is 0.963 bits per heavy atom. The summed E-state index contributed by atoms with van der Waals surface area (Å²) in [5.74, 6) is -0.168. The number of sulfonamides is 1. The molecule has 0 bridgehead atoms. The molecular formula is C20H21ClN2O3S. The minimum absolute atomic E-state index is 0.0225. The predicted molar refractivity (Wildman–Crippen MR) is 104 cm³/mol. The zero-order valence-electron chi connectivity index (χ0n) is 14.9. The van der Waals surface area contributed by atoms with E-state index in [2.05, 4.69) is 6.07 Å². The molecule has 2 aromatic rings. The molecule has 2 aliphatic heterocycles. The van der Waals surface area contributed by atoms with Crippen molar-refractivity contribution in [2.75, 3.05) is 19.6 Å². The van der Waals surface area contributed by atoms with Crippen molar-refractivity contribution in [3.63, 3.8) is 0 Å². The van der Waals surface area contributed by atoms with E-state index in [-0.39, 0.29) is 15.8 Å². The quantitative estimate of drug-likeness (QED) is 0.788. The van der Waals surface area contributed by atoms with Crippen molar-refractivity contribution in [1.82, 2.24) is 9.21 Å². The van der Waals surface area contributed by atoms with E-state index >= 15 is 0 Å². The largest absolute Gasteiger partial charge is 0.334 e. The number of nitrogens with zero attached hydrogens (tertiary/aromatic N) is 2. The van der Waals surface area contributed by atoms with Crippen LogP contribution in [0.2, 0.25) is 5.02 Å². The van der Waals surface area contributed by atoms with Gasteiger partial charge in [0.05, 0.1) is 5.02 Å². The molecule has 0 N–H and O–H groups in total. The normalized spacial score (nSPS) is 17.7. The highest BCUT2D eigenvalue weighted by molar-refractivity contribution is 7.89. The van der Waals surface area contributed by atoms with Crippen LogP contribution in [-0.4, -0.2) is 43.2 Å². The first-order valence-electron chi connectivity index (χ1n) is 9.12. The van der Waals surface area contributed by atoms with Crippen LogP contribution in [0.15, 0.2) is 47.4 Å². The maximum atomic E-state index is 13.0. The number of carbonyl (C=O) groups is 1. The van der Waals surface area contributed by atoms with Crippen molar-refractivity contribution in [2.45, 2.75) is 30.7 Å². The Balaban J connectivity index is 1.62. The Morgan fingerprint density at radius 3 is 2.41 bits per heavy atom. The Kier molecular flexibility index (Phi) is 4.97. The molecule has 1 saturated heterocycles. The van der Waals surface area contributed by atoms with Gasteiger partial charge in [0.25, 0.3) is 5.91 Å². The van der Waals surface area contributed by atoms with Crippen molar-refractivity contribution in [1.29, 1.82) is 0 Å². The van der Waals surface area contributed by atoms with Gasteiger partial charge in [-0.05, 0) is 48.6 Å². The van der Waals surface area contributed by atoms with Crippen LogP contribution >= 0.6 is 11.6 Å². The SMILES string of the molecule is O=C(c1ccc(Cl)c(S(=O)(=O)N2CCCC2)c1)N1CCc2ccccc2C1. The third kappa shape index (κ3) is 3.49. The summed E-state index contributed by atoms with van der Waals surface area (Å²) >= 11 is 6.19. The molecule has 142 valence electrons. The molecule has 0 spiro atoms. The van der Waals surface area contributed by atoms with Gasteiger partial charge in [-0.2, -0.15) is 4.31 Å². The van der Waals surface area contributed by atoms with E-state index in [1.54, 1.807) is 11.0 Å². The molecule has 2 heterocycles. The molecule has 4 rings (SSSR count). The Bertz CT molecular complexity index is 984. The third-order valence-electron chi connectivity index (χ3n) is 5.28. The number of rotatable bonds is 3. The molecular weight excluding hydrogens is 384 g/mol. The molecule has 0 aliphatic carbocycles. The third-order valence-corrected chi connectivity index (χ3v) is 7.66. The van der Waals surface area contributed by atoms with E-state index in [1.807, 2.05) is 18.2 Å². The van der Waals surface area contributed by atoms with Gasteiger partial charge in [-0.15, -0.1) is 0 Å². The van der Waals surface area contributed by atoms with Crippen LogP contribution in [-0.2, 0) is 23.0 Å². The fourth-order valence-electron chi connectivity index (χ4n) is 3.75. The first-order chi connectivity index (χ1) is 13.0. The Labute approximate surface area is 164 Å². The van der Waals surface area contributed by atoms with Crippen molar-refractivity contribution in [3.05, 3.63) is 64.2 Å². The predicted octanol–water partition coefficient (Wildman–Crippen LogP) is 3.32. The highest BCUT2D eigenvalue weighted by Gasteiger charge is 2.30. The molecule has 0 aromatic heterocycles. The van der Waals surface area contributed by atoms with Crippen LogP contribution < -0.4 is 0 Å². The summed E-state index contributed by atoms with van der Waals surface area (Å²) in [6, 6.07) is 12.6. The summed E-state index contributed by atoms with van der Waals surface area (Å²) in [7, 11) is -3.67. The van der Waals surface area contributed by atoms with E-state index in [0.717, 1.165) is 24.8 Å². The van der Waals surface area contributed by atoms with Gasteiger partial charge in [0.2, 0.25) is 10.0 Å². The summed E-state index contributed by atoms with van der Waals surface area (Å²) in [4.78, 5) is 14.8. The number of benzene rings is 2. The molecule has 0 atom stereocenters. The minimum Gasteiger partial charge on any atom is -0.334 e. The van der Waals surface area contributed by atoms with Crippen molar-refractivity contribution >= 4 is 27.5 Å². The van der Waals surface area contributed by atoms with Crippen molar-refractivity contribution in [2.24, 2.45) is 0 Å². The van der Waals surface area contributed by atoms with Crippen molar-refractivity contribution < 1.29 is 13.2 Å². The summed E-state index contributed by atoms with van der Waals surface area (Å²) in [5, 5.41) is 0.155. The van der Waals surface area contributed by atoms with Gasteiger partial charge in [0, 0.05) is 31.7 Å². The first-order valence-corrected chi connectivity index (χ1v) is 10.9. The first kappa shape index (κ1) is 18.5. The Hall–Kier alpha value is -1.89. The smallest absolute Gasteiger partial charge is 0.254 e. The summed E-state index contributed by atoms with van der Waals surface area (Å²) in [6.07, 6.45) is 2.50. The summed E-state index contributed by atoms with van der Waals surface area (Å²) in [6.45, 7) is 2.15. The number of fused-ring (bicyclic) bond motifs is 1. The average Bonchev–Trinajstić information content (AvgIpc) is 3.23. The lowest BCUT2D eigenvalue weighted by molar-refractivity contribution is 0.0734. The monoisotopic (exact) mass is 404 g/mol. The second-order valence-electron chi connectivity index (χ2n) is 7.00.